The van der Waals surface area contributed by atoms with Crippen LogP contribution in [0.4, 0.5) is 15.8 Å². The van der Waals surface area contributed by atoms with E-state index in [4.69, 9.17) is 5.73 Å². The topological polar surface area (TPSA) is 61.6 Å². The van der Waals surface area contributed by atoms with Crippen molar-refractivity contribution in [3.8, 4) is 0 Å². The summed E-state index contributed by atoms with van der Waals surface area (Å²) in [5, 5.41) is 2.96. The Morgan fingerprint density at radius 2 is 1.61 bits per heavy atom. The van der Waals surface area contributed by atoms with E-state index in [1.54, 1.807) is 12.1 Å². The third kappa shape index (κ3) is 6.07. The molecule has 1 atom stereocenters. The molecule has 2 aromatic rings. The van der Waals surface area contributed by atoms with Gasteiger partial charge in [-0.15, -0.1) is 24.8 Å². The van der Waals surface area contributed by atoms with E-state index in [1.165, 1.54) is 12.1 Å². The van der Waals surface area contributed by atoms with Crippen LogP contribution in [0.15, 0.2) is 48.5 Å². The molecule has 0 aromatic heterocycles. The zero-order chi connectivity index (χ0) is 18.5. The van der Waals surface area contributed by atoms with E-state index >= 15 is 0 Å². The molecule has 1 unspecified atom stereocenters. The molecule has 0 spiro atoms. The number of hydrogen-bond donors (Lipinski definition) is 2. The minimum Gasteiger partial charge on any atom is -0.369 e. The minimum absolute atomic E-state index is 0. The summed E-state index contributed by atoms with van der Waals surface area (Å²) in [5.41, 5.74) is 8.42. The summed E-state index contributed by atoms with van der Waals surface area (Å²) in [5.74, 6) is -0.238. The lowest BCUT2D eigenvalue weighted by atomic mass is 10.1. The number of carbonyl (C=O) groups is 1. The highest BCUT2D eigenvalue weighted by Crippen LogP contribution is 2.18. The first-order chi connectivity index (χ1) is 12.6. The molecule has 1 fully saturated rings. The SMILES string of the molecule is CC(C(=O)Nc1ccc(CN)cc1)N1CCN(c2ccc(F)cc2)CC1.Cl.Cl. The molecular formula is C20H27Cl2FN4O. The Kier molecular flexibility index (Phi) is 9.69. The van der Waals surface area contributed by atoms with Crippen molar-refractivity contribution in [1.82, 2.24) is 4.90 Å². The zero-order valence-electron chi connectivity index (χ0n) is 15.8. The van der Waals surface area contributed by atoms with E-state index in [9.17, 15) is 9.18 Å². The first-order valence-electron chi connectivity index (χ1n) is 8.91. The van der Waals surface area contributed by atoms with E-state index < -0.39 is 0 Å². The predicted octanol–water partition coefficient (Wildman–Crippen LogP) is 3.28. The highest BCUT2D eigenvalue weighted by molar-refractivity contribution is 5.94. The molecule has 154 valence electrons. The van der Waals surface area contributed by atoms with Crippen molar-refractivity contribution in [2.45, 2.75) is 19.5 Å². The van der Waals surface area contributed by atoms with Crippen molar-refractivity contribution in [1.29, 1.82) is 0 Å². The zero-order valence-corrected chi connectivity index (χ0v) is 17.4. The fraction of sp³-hybridized carbons (Fsp3) is 0.350. The van der Waals surface area contributed by atoms with Gasteiger partial charge in [0.05, 0.1) is 6.04 Å². The Hall–Kier alpha value is -1.86. The van der Waals surface area contributed by atoms with Crippen molar-refractivity contribution in [2.24, 2.45) is 5.73 Å². The van der Waals surface area contributed by atoms with Crippen LogP contribution < -0.4 is 16.0 Å². The van der Waals surface area contributed by atoms with Gasteiger partial charge in [-0.2, -0.15) is 0 Å². The van der Waals surface area contributed by atoms with Gasteiger partial charge in [0, 0.05) is 44.1 Å². The molecule has 2 aromatic carbocycles. The maximum Gasteiger partial charge on any atom is 0.241 e. The van der Waals surface area contributed by atoms with E-state index in [2.05, 4.69) is 15.1 Å². The van der Waals surface area contributed by atoms with Crippen LogP contribution in [0.5, 0.6) is 0 Å². The third-order valence-electron chi connectivity index (χ3n) is 4.89. The monoisotopic (exact) mass is 428 g/mol. The number of halogens is 3. The van der Waals surface area contributed by atoms with Crippen LogP contribution in [0.2, 0.25) is 0 Å². The number of carbonyl (C=O) groups excluding carboxylic acids is 1. The van der Waals surface area contributed by atoms with Crippen LogP contribution in [-0.2, 0) is 11.3 Å². The van der Waals surface area contributed by atoms with Gasteiger partial charge in [-0.25, -0.2) is 4.39 Å². The van der Waals surface area contributed by atoms with Gasteiger partial charge < -0.3 is 16.0 Å². The smallest absolute Gasteiger partial charge is 0.241 e. The molecule has 1 aliphatic heterocycles. The van der Waals surface area contributed by atoms with Gasteiger partial charge in [0.15, 0.2) is 0 Å². The Bertz CT molecular complexity index is 735. The lowest BCUT2D eigenvalue weighted by Gasteiger charge is -2.38. The van der Waals surface area contributed by atoms with E-state index in [-0.39, 0.29) is 42.6 Å². The number of nitrogens with two attached hydrogens (primary N) is 1. The number of benzene rings is 2. The van der Waals surface area contributed by atoms with Crippen LogP contribution in [0.25, 0.3) is 0 Å². The summed E-state index contributed by atoms with van der Waals surface area (Å²) in [7, 11) is 0. The van der Waals surface area contributed by atoms with Gasteiger partial charge in [-0.3, -0.25) is 9.69 Å². The highest BCUT2D eigenvalue weighted by atomic mass is 35.5. The molecule has 1 amide bonds. The Morgan fingerprint density at radius 1 is 1.04 bits per heavy atom. The van der Waals surface area contributed by atoms with Crippen LogP contribution in [0, 0.1) is 5.82 Å². The molecular weight excluding hydrogens is 402 g/mol. The molecule has 3 N–H and O–H groups in total. The van der Waals surface area contributed by atoms with Crippen LogP contribution >= 0.6 is 24.8 Å². The lowest BCUT2D eigenvalue weighted by Crippen LogP contribution is -2.52. The van der Waals surface area contributed by atoms with Gasteiger partial charge in [0.25, 0.3) is 0 Å². The van der Waals surface area contributed by atoms with Gasteiger partial charge in [0.2, 0.25) is 5.91 Å². The van der Waals surface area contributed by atoms with Crippen molar-refractivity contribution in [3.05, 3.63) is 59.9 Å². The average Bonchev–Trinajstić information content (AvgIpc) is 2.69. The number of nitrogens with zero attached hydrogens (tertiary/aromatic N) is 2. The maximum absolute atomic E-state index is 13.1. The van der Waals surface area contributed by atoms with Crippen LogP contribution in [-0.4, -0.2) is 43.0 Å². The summed E-state index contributed by atoms with van der Waals surface area (Å²) in [6.45, 7) is 5.62. The summed E-state index contributed by atoms with van der Waals surface area (Å²) in [4.78, 5) is 16.9. The summed E-state index contributed by atoms with van der Waals surface area (Å²) < 4.78 is 13.1. The minimum atomic E-state index is -0.225. The molecule has 0 saturated carbocycles. The van der Waals surface area contributed by atoms with E-state index in [0.29, 0.717) is 6.54 Å². The van der Waals surface area contributed by atoms with Crippen molar-refractivity contribution >= 4 is 42.1 Å². The number of rotatable bonds is 5. The fourth-order valence-electron chi connectivity index (χ4n) is 3.16. The van der Waals surface area contributed by atoms with Crippen LogP contribution in [0.1, 0.15) is 12.5 Å². The molecule has 1 heterocycles. The standard InChI is InChI=1S/C20H25FN4O.2ClH/c1-15(20(26)23-18-6-2-16(14-22)3-7-18)24-10-12-25(13-11-24)19-8-4-17(21)5-9-19;;/h2-9,15H,10-14,22H2,1H3,(H,23,26);2*1H. The lowest BCUT2D eigenvalue weighted by molar-refractivity contribution is -0.120. The second kappa shape index (κ2) is 11.2. The van der Waals surface area contributed by atoms with Gasteiger partial charge in [-0.05, 0) is 48.9 Å². The maximum atomic E-state index is 13.1. The molecule has 28 heavy (non-hydrogen) atoms. The van der Waals surface area contributed by atoms with Crippen molar-refractivity contribution in [2.75, 3.05) is 36.4 Å². The molecule has 3 rings (SSSR count). The first kappa shape index (κ1) is 24.2. The molecule has 5 nitrogen and oxygen atoms in total. The second-order valence-electron chi connectivity index (χ2n) is 6.57. The molecule has 0 bridgehead atoms. The van der Waals surface area contributed by atoms with E-state index in [0.717, 1.165) is 43.1 Å². The number of amides is 1. The molecule has 8 heteroatoms. The highest BCUT2D eigenvalue weighted by Gasteiger charge is 2.25. The van der Waals surface area contributed by atoms with Gasteiger partial charge >= 0.3 is 0 Å². The first-order valence-corrected chi connectivity index (χ1v) is 8.91. The second-order valence-corrected chi connectivity index (χ2v) is 6.57. The molecule has 1 saturated heterocycles. The Labute approximate surface area is 177 Å². The van der Waals surface area contributed by atoms with E-state index in [1.807, 2.05) is 31.2 Å². The predicted molar refractivity (Wildman–Crippen MR) is 117 cm³/mol. The summed E-state index contributed by atoms with van der Waals surface area (Å²) in [6.07, 6.45) is 0. The fourth-order valence-corrected chi connectivity index (χ4v) is 3.16. The Balaban J connectivity index is 0.00000196. The summed E-state index contributed by atoms with van der Waals surface area (Å²) in [6, 6.07) is 13.9. The van der Waals surface area contributed by atoms with Crippen molar-refractivity contribution in [3.63, 3.8) is 0 Å². The third-order valence-corrected chi connectivity index (χ3v) is 4.89. The van der Waals surface area contributed by atoms with Crippen molar-refractivity contribution < 1.29 is 9.18 Å². The Morgan fingerprint density at radius 3 is 2.14 bits per heavy atom. The largest absolute Gasteiger partial charge is 0.369 e. The molecule has 1 aliphatic rings. The number of anilines is 2. The normalized spacial score (nSPS) is 15.2. The number of nitrogens with one attached hydrogen (secondary N) is 1. The number of piperazine rings is 1. The summed E-state index contributed by atoms with van der Waals surface area (Å²) >= 11 is 0. The average molecular weight is 429 g/mol. The molecule has 0 radical (unpaired) electrons. The molecule has 0 aliphatic carbocycles. The number of hydrogen-bond acceptors (Lipinski definition) is 4. The van der Waals surface area contributed by atoms with Crippen LogP contribution in [0.3, 0.4) is 0 Å². The van der Waals surface area contributed by atoms with Gasteiger partial charge in [0.1, 0.15) is 5.82 Å². The van der Waals surface area contributed by atoms with Gasteiger partial charge in [-0.1, -0.05) is 12.1 Å². The quantitative estimate of drug-likeness (QED) is 0.766.